The predicted molar refractivity (Wildman–Crippen MR) is 117 cm³/mol. The molecule has 1 unspecified atom stereocenters. The summed E-state index contributed by atoms with van der Waals surface area (Å²) >= 11 is 6.10. The molecule has 1 aliphatic heterocycles. The normalized spacial score (nSPS) is 17.0. The summed E-state index contributed by atoms with van der Waals surface area (Å²) in [7, 11) is 0. The Kier molecular flexibility index (Phi) is 4.60. The van der Waals surface area contributed by atoms with Crippen LogP contribution >= 0.6 is 11.6 Å². The van der Waals surface area contributed by atoms with E-state index in [1.54, 1.807) is 48.6 Å². The van der Waals surface area contributed by atoms with E-state index >= 15 is 0 Å². The van der Waals surface area contributed by atoms with Gasteiger partial charge in [0, 0.05) is 22.0 Å². The number of halogens is 4. The van der Waals surface area contributed by atoms with Crippen LogP contribution in [0.15, 0.2) is 66.7 Å². The van der Waals surface area contributed by atoms with Crippen molar-refractivity contribution in [2.24, 2.45) is 0 Å². The highest BCUT2D eigenvalue weighted by Crippen LogP contribution is 2.40. The molecule has 2 aliphatic rings. The van der Waals surface area contributed by atoms with Crippen molar-refractivity contribution in [3.8, 4) is 0 Å². The van der Waals surface area contributed by atoms with E-state index in [1.807, 2.05) is 0 Å². The third kappa shape index (κ3) is 3.26. The molecule has 8 heteroatoms. The molecule has 1 atom stereocenters. The van der Waals surface area contributed by atoms with Crippen LogP contribution in [0.4, 0.5) is 30.2 Å². The number of hydrogen-bond acceptors (Lipinski definition) is 3. The second-order valence-corrected chi connectivity index (χ2v) is 7.92. The monoisotopic (exact) mass is 454 g/mol. The average Bonchev–Trinajstić information content (AvgIpc) is 2.74. The fourth-order valence-corrected chi connectivity index (χ4v) is 4.25. The molecule has 0 aromatic heterocycles. The molecule has 0 fully saturated rings. The van der Waals surface area contributed by atoms with E-state index < -0.39 is 23.7 Å². The largest absolute Gasteiger partial charge is 0.416 e. The number of anilines is 3. The number of Topliss-reactive ketones (excluding diaryl/α,β-unsaturated/α-hetero) is 1. The summed E-state index contributed by atoms with van der Waals surface area (Å²) in [6.07, 6.45) is -1.08. The van der Waals surface area contributed by atoms with E-state index in [0.29, 0.717) is 16.3 Å². The fourth-order valence-electron chi connectivity index (χ4n) is 4.06. The van der Waals surface area contributed by atoms with Gasteiger partial charge in [-0.1, -0.05) is 42.0 Å². The second kappa shape index (κ2) is 7.24. The molecule has 1 amide bonds. The number of fused-ring (bicyclic) bond motifs is 1. The van der Waals surface area contributed by atoms with Gasteiger partial charge in [-0.05, 0) is 48.0 Å². The molecule has 1 N–H and O–H groups in total. The lowest BCUT2D eigenvalue weighted by Crippen LogP contribution is -2.50. The van der Waals surface area contributed by atoms with Gasteiger partial charge in [-0.25, -0.2) is 0 Å². The Morgan fingerprint density at radius 1 is 0.938 bits per heavy atom. The van der Waals surface area contributed by atoms with Crippen molar-refractivity contribution in [1.29, 1.82) is 0 Å². The Morgan fingerprint density at radius 2 is 1.72 bits per heavy atom. The molecule has 0 spiro atoms. The number of ketones is 1. The molecule has 0 saturated heterocycles. The van der Waals surface area contributed by atoms with Crippen molar-refractivity contribution < 1.29 is 22.8 Å². The lowest BCUT2D eigenvalue weighted by atomic mass is 9.83. The van der Waals surface area contributed by atoms with Gasteiger partial charge in [0.1, 0.15) is 6.04 Å². The molecule has 3 aromatic rings. The predicted octanol–water partition coefficient (Wildman–Crippen LogP) is 6.34. The molecule has 0 saturated carbocycles. The minimum Gasteiger partial charge on any atom is -0.355 e. The lowest BCUT2D eigenvalue weighted by molar-refractivity contribution is -0.137. The quantitative estimate of drug-likeness (QED) is 0.502. The molecular formula is C24H14ClF3N2O2. The van der Waals surface area contributed by atoms with Crippen LogP contribution in [0.5, 0.6) is 0 Å². The van der Waals surface area contributed by atoms with Gasteiger partial charge in [-0.3, -0.25) is 14.5 Å². The van der Waals surface area contributed by atoms with Gasteiger partial charge < -0.3 is 5.32 Å². The van der Waals surface area contributed by atoms with Gasteiger partial charge in [-0.15, -0.1) is 0 Å². The number of alkyl halides is 3. The zero-order valence-electron chi connectivity index (χ0n) is 16.3. The Morgan fingerprint density at radius 3 is 2.47 bits per heavy atom. The smallest absolute Gasteiger partial charge is 0.355 e. The molecule has 32 heavy (non-hydrogen) atoms. The van der Waals surface area contributed by atoms with Crippen LogP contribution in [-0.4, -0.2) is 17.7 Å². The highest BCUT2D eigenvalue weighted by atomic mass is 35.5. The lowest BCUT2D eigenvalue weighted by Gasteiger charge is -2.37. The molecule has 3 aromatic carbocycles. The minimum atomic E-state index is -4.50. The van der Waals surface area contributed by atoms with Crippen molar-refractivity contribution in [3.05, 3.63) is 94.0 Å². The number of carbonyl (C=O) groups excluding carboxylic acids is 2. The van der Waals surface area contributed by atoms with E-state index in [0.717, 1.165) is 12.1 Å². The minimum absolute atomic E-state index is 0.116. The molecule has 1 heterocycles. The van der Waals surface area contributed by atoms with Gasteiger partial charge in [0.2, 0.25) is 0 Å². The van der Waals surface area contributed by atoms with Crippen LogP contribution in [0, 0.1) is 0 Å². The summed E-state index contributed by atoms with van der Waals surface area (Å²) in [5.41, 5.74) is 1.01. The molecule has 0 radical (unpaired) electrons. The van der Waals surface area contributed by atoms with Crippen molar-refractivity contribution in [2.45, 2.75) is 12.2 Å². The van der Waals surface area contributed by atoms with E-state index in [1.165, 1.54) is 17.0 Å². The molecule has 2 bridgehead atoms. The summed E-state index contributed by atoms with van der Waals surface area (Å²) in [6.45, 7) is 0. The molecule has 5 rings (SSSR count). The van der Waals surface area contributed by atoms with Crippen molar-refractivity contribution in [3.63, 3.8) is 0 Å². The van der Waals surface area contributed by atoms with E-state index in [9.17, 15) is 22.8 Å². The van der Waals surface area contributed by atoms with Gasteiger partial charge in [0.15, 0.2) is 5.78 Å². The molecular weight excluding hydrogens is 441 g/mol. The van der Waals surface area contributed by atoms with Gasteiger partial charge in [0.25, 0.3) is 5.91 Å². The maximum atomic E-state index is 13.6. The maximum absolute atomic E-state index is 13.6. The topological polar surface area (TPSA) is 49.4 Å². The summed E-state index contributed by atoms with van der Waals surface area (Å²) in [4.78, 5) is 28.2. The Bertz CT molecular complexity index is 1320. The van der Waals surface area contributed by atoms with E-state index in [-0.39, 0.29) is 28.3 Å². The first kappa shape index (κ1) is 20.3. The molecule has 160 valence electrons. The van der Waals surface area contributed by atoms with Crippen LogP contribution in [0.25, 0.3) is 6.08 Å². The standard InChI is InChI=1S/C24H14ClF3N2O2/c25-15-4-2-6-17(12-15)30-19-10-8-13-7-9-18(21(23(30)32)20(13)22(19)31)29-16-5-1-3-14(11-16)24(26,27)28/h1-12,19,29H. The first-order valence-electron chi connectivity index (χ1n) is 9.67. The zero-order valence-corrected chi connectivity index (χ0v) is 17.0. The average molecular weight is 455 g/mol. The van der Waals surface area contributed by atoms with Crippen molar-refractivity contribution >= 4 is 46.4 Å². The number of rotatable bonds is 3. The summed E-state index contributed by atoms with van der Waals surface area (Å²) in [5.74, 6) is -0.697. The summed E-state index contributed by atoms with van der Waals surface area (Å²) < 4.78 is 39.4. The van der Waals surface area contributed by atoms with Gasteiger partial charge in [-0.2, -0.15) is 13.2 Å². The fraction of sp³-hybridized carbons (Fsp3) is 0.0833. The van der Waals surface area contributed by atoms with E-state index in [4.69, 9.17) is 11.6 Å². The van der Waals surface area contributed by atoms with Crippen LogP contribution < -0.4 is 10.2 Å². The van der Waals surface area contributed by atoms with Crippen LogP contribution in [0.3, 0.4) is 0 Å². The van der Waals surface area contributed by atoms with Gasteiger partial charge >= 0.3 is 6.18 Å². The van der Waals surface area contributed by atoms with Crippen LogP contribution in [-0.2, 0) is 6.18 Å². The van der Waals surface area contributed by atoms with Gasteiger partial charge in [0.05, 0.1) is 16.8 Å². The summed E-state index contributed by atoms with van der Waals surface area (Å²) in [6, 6.07) is 13.7. The molecule has 1 aliphatic carbocycles. The number of nitrogens with one attached hydrogen (secondary N) is 1. The Labute approximate surface area is 185 Å². The van der Waals surface area contributed by atoms with Crippen molar-refractivity contribution in [2.75, 3.05) is 10.2 Å². The number of carbonyl (C=O) groups is 2. The number of hydrogen-bond donors (Lipinski definition) is 1. The first-order valence-corrected chi connectivity index (χ1v) is 10.0. The number of benzene rings is 3. The Hall–Kier alpha value is -3.58. The Balaban J connectivity index is 1.63. The van der Waals surface area contributed by atoms with Crippen LogP contribution in [0.2, 0.25) is 5.02 Å². The van der Waals surface area contributed by atoms with Crippen LogP contribution in [0.1, 0.15) is 31.8 Å². The third-order valence-electron chi connectivity index (χ3n) is 5.48. The SMILES string of the molecule is O=C1c2c3ccc(Nc4cccc(C(F)(F)F)c4)c2C(=O)N(c2cccc(Cl)c2)C1C=C3. The highest BCUT2D eigenvalue weighted by Gasteiger charge is 2.43. The molecule has 4 nitrogen and oxygen atoms in total. The van der Waals surface area contributed by atoms with E-state index in [2.05, 4.69) is 5.32 Å². The van der Waals surface area contributed by atoms with Crippen molar-refractivity contribution in [1.82, 2.24) is 0 Å². The highest BCUT2D eigenvalue weighted by molar-refractivity contribution is 6.31. The number of nitrogens with zero attached hydrogens (tertiary/aromatic N) is 1. The first-order chi connectivity index (χ1) is 15.2. The number of amides is 1. The third-order valence-corrected chi connectivity index (χ3v) is 5.71. The zero-order chi connectivity index (χ0) is 22.6. The second-order valence-electron chi connectivity index (χ2n) is 7.48. The summed E-state index contributed by atoms with van der Waals surface area (Å²) in [5, 5.41) is 3.30. The maximum Gasteiger partial charge on any atom is 0.416 e.